The van der Waals surface area contributed by atoms with Gasteiger partial charge in [-0.2, -0.15) is 0 Å². The van der Waals surface area contributed by atoms with Crippen molar-refractivity contribution in [1.29, 1.82) is 0 Å². The number of aliphatic hydroxyl groups excluding tert-OH is 1. The van der Waals surface area contributed by atoms with Gasteiger partial charge in [-0.1, -0.05) is 45.4 Å². The second-order valence-corrected chi connectivity index (χ2v) is 4.81. The number of para-hydroxylation sites is 1. The van der Waals surface area contributed by atoms with Crippen molar-refractivity contribution < 1.29 is 5.11 Å². The lowest BCUT2D eigenvalue weighted by Gasteiger charge is -2.22. The molecular weight excluding hydrogens is 210 g/mol. The molecule has 0 heterocycles. The fourth-order valence-corrected chi connectivity index (χ4v) is 2.00. The highest BCUT2D eigenvalue weighted by Gasteiger charge is 2.11. The first kappa shape index (κ1) is 14.0. The molecule has 1 rings (SSSR count). The Morgan fingerprint density at radius 2 is 1.88 bits per heavy atom. The fraction of sp³-hybridized carbons (Fsp3) is 0.600. The number of hydrogen-bond donors (Lipinski definition) is 2. The summed E-state index contributed by atoms with van der Waals surface area (Å²) in [6.45, 7) is 6.84. The van der Waals surface area contributed by atoms with Crippen molar-refractivity contribution in [3.05, 3.63) is 29.8 Å². The predicted molar refractivity (Wildman–Crippen MR) is 74.1 cm³/mol. The molecule has 2 N–H and O–H groups in total. The third-order valence-corrected chi connectivity index (χ3v) is 3.42. The van der Waals surface area contributed by atoms with Gasteiger partial charge in [-0.3, -0.25) is 0 Å². The Morgan fingerprint density at radius 1 is 1.18 bits per heavy atom. The van der Waals surface area contributed by atoms with Gasteiger partial charge in [0.15, 0.2) is 0 Å². The summed E-state index contributed by atoms with van der Waals surface area (Å²) in [5.74, 6) is 0.744. The minimum absolute atomic E-state index is 0.100. The Bertz CT molecular complexity index is 324. The monoisotopic (exact) mass is 235 g/mol. The third-order valence-electron chi connectivity index (χ3n) is 3.42. The molecule has 2 atom stereocenters. The van der Waals surface area contributed by atoms with E-state index in [1.165, 1.54) is 12.8 Å². The van der Waals surface area contributed by atoms with Gasteiger partial charge >= 0.3 is 0 Å². The lowest BCUT2D eigenvalue weighted by atomic mass is 9.97. The Morgan fingerprint density at radius 3 is 2.47 bits per heavy atom. The predicted octanol–water partition coefficient (Wildman–Crippen LogP) is 3.81. The van der Waals surface area contributed by atoms with Crippen LogP contribution in [0.4, 0.5) is 5.69 Å². The molecule has 0 spiro atoms. The molecule has 96 valence electrons. The van der Waals surface area contributed by atoms with Gasteiger partial charge in [0.2, 0.25) is 0 Å². The van der Waals surface area contributed by atoms with Crippen molar-refractivity contribution in [2.75, 3.05) is 5.32 Å². The SMILES string of the molecule is CCC(C)CC(CC)Nc1ccccc1CO. The van der Waals surface area contributed by atoms with Gasteiger partial charge in [0.1, 0.15) is 0 Å². The average molecular weight is 235 g/mol. The van der Waals surface area contributed by atoms with E-state index in [1.54, 1.807) is 0 Å². The summed E-state index contributed by atoms with van der Waals surface area (Å²) < 4.78 is 0. The minimum atomic E-state index is 0.100. The van der Waals surface area contributed by atoms with E-state index in [2.05, 4.69) is 26.1 Å². The van der Waals surface area contributed by atoms with Crippen LogP contribution in [0.15, 0.2) is 24.3 Å². The van der Waals surface area contributed by atoms with Crippen molar-refractivity contribution >= 4 is 5.69 Å². The molecule has 0 aliphatic carbocycles. The van der Waals surface area contributed by atoms with Crippen molar-refractivity contribution in [2.24, 2.45) is 5.92 Å². The third kappa shape index (κ3) is 4.39. The Kier molecular flexibility index (Phi) is 6.06. The zero-order valence-corrected chi connectivity index (χ0v) is 11.2. The largest absolute Gasteiger partial charge is 0.392 e. The molecule has 0 aliphatic rings. The van der Waals surface area contributed by atoms with Gasteiger partial charge in [-0.05, 0) is 24.8 Å². The number of aliphatic hydroxyl groups is 1. The maximum absolute atomic E-state index is 9.29. The quantitative estimate of drug-likeness (QED) is 0.753. The summed E-state index contributed by atoms with van der Waals surface area (Å²) in [5.41, 5.74) is 2.06. The summed E-state index contributed by atoms with van der Waals surface area (Å²) in [6, 6.07) is 8.49. The van der Waals surface area contributed by atoms with Crippen LogP contribution in [0.5, 0.6) is 0 Å². The lowest BCUT2D eigenvalue weighted by Crippen LogP contribution is -2.22. The molecule has 0 saturated carbocycles. The van der Waals surface area contributed by atoms with E-state index in [9.17, 15) is 5.11 Å². The molecule has 0 bridgehead atoms. The second-order valence-electron chi connectivity index (χ2n) is 4.81. The Hall–Kier alpha value is -1.02. The van der Waals surface area contributed by atoms with Crippen LogP contribution in [0.3, 0.4) is 0 Å². The molecule has 2 heteroatoms. The van der Waals surface area contributed by atoms with Gasteiger partial charge in [-0.25, -0.2) is 0 Å². The summed E-state index contributed by atoms with van der Waals surface area (Å²) in [7, 11) is 0. The second kappa shape index (κ2) is 7.33. The smallest absolute Gasteiger partial charge is 0.0701 e. The number of rotatable bonds is 7. The molecule has 0 fully saturated rings. The average Bonchev–Trinajstić information content (AvgIpc) is 2.38. The first-order valence-corrected chi connectivity index (χ1v) is 6.66. The normalized spacial score (nSPS) is 14.4. The van der Waals surface area contributed by atoms with Crippen LogP contribution < -0.4 is 5.32 Å². The van der Waals surface area contributed by atoms with Gasteiger partial charge in [0.05, 0.1) is 6.61 Å². The van der Waals surface area contributed by atoms with Gasteiger partial charge in [0.25, 0.3) is 0 Å². The zero-order chi connectivity index (χ0) is 12.7. The van der Waals surface area contributed by atoms with Crippen LogP contribution in [-0.2, 0) is 6.61 Å². The topological polar surface area (TPSA) is 32.3 Å². The summed E-state index contributed by atoms with van der Waals surface area (Å²) in [5, 5.41) is 12.8. The van der Waals surface area contributed by atoms with Crippen LogP contribution in [0.1, 0.15) is 45.6 Å². The highest BCUT2D eigenvalue weighted by Crippen LogP contribution is 2.20. The summed E-state index contributed by atoms with van der Waals surface area (Å²) in [4.78, 5) is 0. The Balaban J connectivity index is 2.66. The van der Waals surface area contributed by atoms with Crippen LogP contribution in [0.25, 0.3) is 0 Å². The molecule has 0 aliphatic heterocycles. The molecule has 0 saturated heterocycles. The van der Waals surface area contributed by atoms with Gasteiger partial charge in [-0.15, -0.1) is 0 Å². The number of hydrogen-bond acceptors (Lipinski definition) is 2. The van der Waals surface area contributed by atoms with Crippen LogP contribution in [-0.4, -0.2) is 11.1 Å². The van der Waals surface area contributed by atoms with E-state index in [4.69, 9.17) is 0 Å². The molecule has 17 heavy (non-hydrogen) atoms. The van der Waals surface area contributed by atoms with E-state index in [1.807, 2.05) is 24.3 Å². The van der Waals surface area contributed by atoms with E-state index in [0.717, 1.165) is 23.6 Å². The van der Waals surface area contributed by atoms with Crippen molar-refractivity contribution in [3.63, 3.8) is 0 Å². The van der Waals surface area contributed by atoms with Crippen LogP contribution >= 0.6 is 0 Å². The van der Waals surface area contributed by atoms with E-state index >= 15 is 0 Å². The van der Waals surface area contributed by atoms with Crippen molar-refractivity contribution in [3.8, 4) is 0 Å². The molecule has 1 aromatic carbocycles. The zero-order valence-electron chi connectivity index (χ0n) is 11.2. The van der Waals surface area contributed by atoms with E-state index in [-0.39, 0.29) is 6.61 Å². The molecule has 0 aromatic heterocycles. The molecule has 2 unspecified atom stereocenters. The molecule has 0 radical (unpaired) electrons. The Labute approximate surface area is 105 Å². The summed E-state index contributed by atoms with van der Waals surface area (Å²) in [6.07, 6.45) is 3.52. The van der Waals surface area contributed by atoms with Crippen molar-refractivity contribution in [2.45, 2.75) is 52.7 Å². The molecule has 2 nitrogen and oxygen atoms in total. The first-order valence-electron chi connectivity index (χ1n) is 6.66. The van der Waals surface area contributed by atoms with E-state index < -0.39 is 0 Å². The lowest BCUT2D eigenvalue weighted by molar-refractivity contribution is 0.282. The van der Waals surface area contributed by atoms with Crippen LogP contribution in [0, 0.1) is 5.92 Å². The molecule has 1 aromatic rings. The van der Waals surface area contributed by atoms with Gasteiger partial charge < -0.3 is 10.4 Å². The maximum Gasteiger partial charge on any atom is 0.0701 e. The van der Waals surface area contributed by atoms with Gasteiger partial charge in [0, 0.05) is 17.3 Å². The number of benzene rings is 1. The fourth-order valence-electron chi connectivity index (χ4n) is 2.00. The molecular formula is C15H25NO. The number of anilines is 1. The van der Waals surface area contributed by atoms with E-state index in [0.29, 0.717) is 6.04 Å². The minimum Gasteiger partial charge on any atom is -0.392 e. The van der Waals surface area contributed by atoms with Crippen molar-refractivity contribution in [1.82, 2.24) is 0 Å². The standard InChI is InChI=1S/C15H25NO/c1-4-12(3)10-14(5-2)16-15-9-7-6-8-13(15)11-17/h6-9,12,14,16-17H,4-5,10-11H2,1-3H3. The number of nitrogens with one attached hydrogen (secondary N) is 1. The highest BCUT2D eigenvalue weighted by molar-refractivity contribution is 5.51. The summed E-state index contributed by atoms with van der Waals surface area (Å²) >= 11 is 0. The van der Waals surface area contributed by atoms with Crippen LogP contribution in [0.2, 0.25) is 0 Å². The molecule has 0 amide bonds. The highest BCUT2D eigenvalue weighted by atomic mass is 16.3. The first-order chi connectivity index (χ1) is 8.21. The maximum atomic E-state index is 9.29.